The van der Waals surface area contributed by atoms with Gasteiger partial charge >= 0.3 is 0 Å². The van der Waals surface area contributed by atoms with Crippen molar-refractivity contribution < 1.29 is 0 Å². The topological polar surface area (TPSA) is 12.4 Å². The Balaban J connectivity index is 2.69. The maximum Gasteiger partial charge on any atom is 0.0661 e. The van der Waals surface area contributed by atoms with Gasteiger partial charge in [0.25, 0.3) is 0 Å². The van der Waals surface area contributed by atoms with Crippen LogP contribution in [0, 0.1) is 0 Å². The molecule has 1 aliphatic heterocycles. The quantitative estimate of drug-likeness (QED) is 0.489. The Morgan fingerprint density at radius 2 is 2.10 bits per heavy atom. The Bertz CT molecular complexity index is 172. The van der Waals surface area contributed by atoms with Gasteiger partial charge in [-0.05, 0) is 20.8 Å². The van der Waals surface area contributed by atoms with E-state index in [2.05, 4.69) is 37.9 Å². The zero-order valence-corrected chi connectivity index (χ0v) is 7.48. The van der Waals surface area contributed by atoms with Crippen molar-refractivity contribution in [3.8, 4) is 0 Å². The van der Waals surface area contributed by atoms with E-state index < -0.39 is 0 Å². The highest BCUT2D eigenvalue weighted by atomic mass is 32.2. The van der Waals surface area contributed by atoms with Gasteiger partial charge in [-0.2, -0.15) is 0 Å². The van der Waals surface area contributed by atoms with Gasteiger partial charge in [0, 0.05) is 5.25 Å². The Hall–Kier alpha value is -0.240. The average molecular weight is 155 g/mol. The molecule has 0 amide bonds. The number of hydrogen-bond donors (Lipinski definition) is 0. The highest BCUT2D eigenvalue weighted by Gasteiger charge is 2.05. The van der Waals surface area contributed by atoms with Gasteiger partial charge in [0.1, 0.15) is 0 Å². The van der Waals surface area contributed by atoms with Crippen molar-refractivity contribution in [3.05, 3.63) is 12.2 Å². The number of aliphatic imine (C=N–C) groups is 1. The van der Waals surface area contributed by atoms with Crippen molar-refractivity contribution in [2.24, 2.45) is 4.99 Å². The molecule has 0 N–H and O–H groups in total. The lowest BCUT2D eigenvalue weighted by molar-refractivity contribution is 0.927. The van der Waals surface area contributed by atoms with Crippen molar-refractivity contribution in [3.63, 3.8) is 0 Å². The van der Waals surface area contributed by atoms with Crippen LogP contribution in [0.3, 0.4) is 0 Å². The molecule has 0 aromatic carbocycles. The van der Waals surface area contributed by atoms with Crippen LogP contribution in [-0.2, 0) is 0 Å². The van der Waals surface area contributed by atoms with E-state index >= 15 is 0 Å². The number of hydrogen-bond acceptors (Lipinski definition) is 2. The summed E-state index contributed by atoms with van der Waals surface area (Å²) in [5.74, 6) is 0. The van der Waals surface area contributed by atoms with Crippen molar-refractivity contribution in [1.29, 1.82) is 0 Å². The fourth-order valence-electron chi connectivity index (χ4n) is 0.986. The molecule has 0 saturated heterocycles. The lowest BCUT2D eigenvalue weighted by Crippen LogP contribution is -1.94. The predicted octanol–water partition coefficient (Wildman–Crippen LogP) is 2.48. The number of thioether (sulfide) groups is 1. The third kappa shape index (κ3) is 2.18. The molecule has 0 aromatic heterocycles. The Morgan fingerprint density at radius 3 is 2.80 bits per heavy atom. The molecule has 1 nitrogen and oxygen atoms in total. The molecule has 0 aliphatic carbocycles. The molecular weight excluding hydrogens is 142 g/mol. The first-order valence-corrected chi connectivity index (χ1v) is 4.46. The molecule has 10 heavy (non-hydrogen) atoms. The SMILES string of the molecule is CC1=NC(C)C=CC(C)S1. The second-order valence-electron chi connectivity index (χ2n) is 2.60. The predicted molar refractivity (Wildman–Crippen MR) is 48.8 cm³/mol. The van der Waals surface area contributed by atoms with Gasteiger partial charge in [-0.1, -0.05) is 12.2 Å². The molecule has 1 aliphatic rings. The third-order valence-electron chi connectivity index (χ3n) is 1.40. The Labute approximate surface area is 66.6 Å². The smallest absolute Gasteiger partial charge is 0.0661 e. The number of nitrogens with zero attached hydrogens (tertiary/aromatic N) is 1. The molecule has 2 atom stereocenters. The summed E-state index contributed by atoms with van der Waals surface area (Å²) in [5.41, 5.74) is 0. The van der Waals surface area contributed by atoms with Gasteiger partial charge in [-0.3, -0.25) is 4.99 Å². The summed E-state index contributed by atoms with van der Waals surface area (Å²) in [6, 6.07) is 0.373. The van der Waals surface area contributed by atoms with Crippen LogP contribution >= 0.6 is 11.8 Å². The largest absolute Gasteiger partial charge is 0.276 e. The van der Waals surface area contributed by atoms with E-state index in [0.717, 1.165) is 0 Å². The standard InChI is InChI=1S/C8H13NS/c1-6-4-5-7(2)10-8(3)9-6/h4-7H,1-3H3. The zero-order chi connectivity index (χ0) is 7.56. The maximum atomic E-state index is 4.42. The molecule has 0 radical (unpaired) electrons. The molecule has 2 unspecified atom stereocenters. The molecule has 1 rings (SSSR count). The van der Waals surface area contributed by atoms with Gasteiger partial charge in [0.05, 0.1) is 11.1 Å². The van der Waals surface area contributed by atoms with Gasteiger partial charge in [-0.15, -0.1) is 11.8 Å². The average Bonchev–Trinajstić information content (AvgIpc) is 1.93. The van der Waals surface area contributed by atoms with Crippen molar-refractivity contribution in [1.82, 2.24) is 0 Å². The first-order valence-electron chi connectivity index (χ1n) is 3.58. The third-order valence-corrected chi connectivity index (χ3v) is 2.38. The molecule has 0 saturated carbocycles. The molecule has 2 heteroatoms. The summed E-state index contributed by atoms with van der Waals surface area (Å²) < 4.78 is 0. The minimum atomic E-state index is 0.373. The highest BCUT2D eigenvalue weighted by molar-refractivity contribution is 8.14. The monoisotopic (exact) mass is 155 g/mol. The van der Waals surface area contributed by atoms with Gasteiger partial charge in [0.15, 0.2) is 0 Å². The normalized spacial score (nSPS) is 33.3. The summed E-state index contributed by atoms with van der Waals surface area (Å²) >= 11 is 1.83. The molecule has 1 heterocycles. The first kappa shape index (κ1) is 7.86. The van der Waals surface area contributed by atoms with Crippen LogP contribution in [0.25, 0.3) is 0 Å². The fraction of sp³-hybridized carbons (Fsp3) is 0.625. The minimum absolute atomic E-state index is 0.373. The molecule has 56 valence electrons. The highest BCUT2D eigenvalue weighted by Crippen LogP contribution is 2.18. The molecule has 0 aromatic rings. The van der Waals surface area contributed by atoms with Crippen LogP contribution in [0.4, 0.5) is 0 Å². The van der Waals surface area contributed by atoms with Gasteiger partial charge < -0.3 is 0 Å². The van der Waals surface area contributed by atoms with E-state index in [4.69, 9.17) is 0 Å². The van der Waals surface area contributed by atoms with E-state index in [1.807, 2.05) is 11.8 Å². The van der Waals surface area contributed by atoms with Gasteiger partial charge in [0.2, 0.25) is 0 Å². The van der Waals surface area contributed by atoms with E-state index in [0.29, 0.717) is 11.3 Å². The van der Waals surface area contributed by atoms with Crippen molar-refractivity contribution in [2.75, 3.05) is 0 Å². The van der Waals surface area contributed by atoms with E-state index in [9.17, 15) is 0 Å². The summed E-state index contributed by atoms with van der Waals surface area (Å²) in [5, 5.41) is 1.79. The zero-order valence-electron chi connectivity index (χ0n) is 6.66. The van der Waals surface area contributed by atoms with Crippen LogP contribution in [0.2, 0.25) is 0 Å². The second kappa shape index (κ2) is 3.24. The summed E-state index contributed by atoms with van der Waals surface area (Å²) in [6.07, 6.45) is 4.38. The minimum Gasteiger partial charge on any atom is -0.276 e. The van der Waals surface area contributed by atoms with Crippen LogP contribution in [-0.4, -0.2) is 16.3 Å². The summed E-state index contributed by atoms with van der Waals surface area (Å²) in [7, 11) is 0. The molecule has 0 fully saturated rings. The second-order valence-corrected chi connectivity index (χ2v) is 4.17. The lowest BCUT2D eigenvalue weighted by atomic mass is 10.3. The first-order chi connectivity index (χ1) is 4.68. The van der Waals surface area contributed by atoms with Crippen molar-refractivity contribution in [2.45, 2.75) is 32.1 Å². The lowest BCUT2D eigenvalue weighted by Gasteiger charge is -2.00. The Kier molecular flexibility index (Phi) is 2.55. The fourth-order valence-corrected chi connectivity index (χ4v) is 1.92. The van der Waals surface area contributed by atoms with Crippen LogP contribution in [0.1, 0.15) is 20.8 Å². The van der Waals surface area contributed by atoms with E-state index in [1.54, 1.807) is 0 Å². The van der Waals surface area contributed by atoms with Crippen molar-refractivity contribution >= 4 is 16.8 Å². The molecular formula is C8H13NS. The van der Waals surface area contributed by atoms with Crippen LogP contribution in [0.5, 0.6) is 0 Å². The summed E-state index contributed by atoms with van der Waals surface area (Å²) in [4.78, 5) is 4.42. The number of rotatable bonds is 0. The van der Waals surface area contributed by atoms with Crippen LogP contribution in [0.15, 0.2) is 17.1 Å². The summed E-state index contributed by atoms with van der Waals surface area (Å²) in [6.45, 7) is 6.38. The van der Waals surface area contributed by atoms with E-state index in [1.165, 1.54) is 5.04 Å². The molecule has 0 spiro atoms. The maximum absolute atomic E-state index is 4.42. The van der Waals surface area contributed by atoms with Crippen LogP contribution < -0.4 is 0 Å². The molecule has 0 bridgehead atoms. The van der Waals surface area contributed by atoms with E-state index in [-0.39, 0.29) is 0 Å². The van der Waals surface area contributed by atoms with Gasteiger partial charge in [-0.25, -0.2) is 0 Å². The Morgan fingerprint density at radius 1 is 1.40 bits per heavy atom.